The Hall–Kier alpha value is -1.88. The molecule has 0 radical (unpaired) electrons. The topological polar surface area (TPSA) is 52.7 Å². The van der Waals surface area contributed by atoms with Gasteiger partial charge in [-0.3, -0.25) is 14.5 Å². The molecule has 0 spiro atoms. The summed E-state index contributed by atoms with van der Waals surface area (Å²) >= 11 is 0. The van der Waals surface area contributed by atoms with Crippen LogP contribution >= 0.6 is 0 Å². The zero-order valence-electron chi connectivity index (χ0n) is 15.0. The minimum atomic E-state index is -0.355. The third-order valence-corrected chi connectivity index (χ3v) is 5.25. The molecule has 5 nitrogen and oxygen atoms in total. The number of carbonyl (C=O) groups excluding carboxylic acids is 2. The number of rotatable bonds is 4. The summed E-state index contributed by atoms with van der Waals surface area (Å²) in [5.41, 5.74) is 1.18. The Bertz CT molecular complexity index is 568. The maximum Gasteiger partial charge on any atom is 0.237 e. The second-order valence-electron chi connectivity index (χ2n) is 7.12. The smallest absolute Gasteiger partial charge is 0.237 e. The lowest BCUT2D eigenvalue weighted by atomic mass is 10.0. The van der Waals surface area contributed by atoms with Crippen LogP contribution in [0.25, 0.3) is 0 Å². The van der Waals surface area contributed by atoms with Crippen molar-refractivity contribution in [1.82, 2.24) is 15.1 Å². The van der Waals surface area contributed by atoms with Gasteiger partial charge in [0.15, 0.2) is 0 Å². The second kappa shape index (κ2) is 8.99. The van der Waals surface area contributed by atoms with E-state index in [1.54, 1.807) is 0 Å². The van der Waals surface area contributed by atoms with E-state index >= 15 is 0 Å². The lowest BCUT2D eigenvalue weighted by molar-refractivity contribution is -0.139. The molecule has 0 aromatic heterocycles. The third kappa shape index (κ3) is 5.05. The summed E-state index contributed by atoms with van der Waals surface area (Å²) in [6.45, 7) is 3.84. The molecular formula is C20H29N3O2. The first kappa shape index (κ1) is 17.9. The van der Waals surface area contributed by atoms with Crippen molar-refractivity contribution in [3.05, 3.63) is 35.9 Å². The Labute approximate surface area is 150 Å². The molecule has 5 heteroatoms. The number of benzene rings is 1. The molecule has 136 valence electrons. The lowest BCUT2D eigenvalue weighted by Crippen LogP contribution is -2.56. The van der Waals surface area contributed by atoms with E-state index < -0.39 is 0 Å². The lowest BCUT2D eigenvalue weighted by Gasteiger charge is -2.36. The minimum Gasteiger partial charge on any atom is -0.353 e. The van der Waals surface area contributed by atoms with Gasteiger partial charge in [0, 0.05) is 32.7 Å². The summed E-state index contributed by atoms with van der Waals surface area (Å²) in [5, 5.41) is 2.93. The van der Waals surface area contributed by atoms with Crippen molar-refractivity contribution in [2.75, 3.05) is 26.2 Å². The quantitative estimate of drug-likeness (QED) is 0.912. The van der Waals surface area contributed by atoms with Gasteiger partial charge < -0.3 is 10.2 Å². The fourth-order valence-electron chi connectivity index (χ4n) is 3.78. The summed E-state index contributed by atoms with van der Waals surface area (Å²) in [6, 6.07) is 9.81. The highest BCUT2D eigenvalue weighted by molar-refractivity contribution is 5.88. The van der Waals surface area contributed by atoms with E-state index in [1.165, 1.54) is 24.8 Å². The number of nitrogens with zero attached hydrogens (tertiary/aromatic N) is 2. The molecule has 25 heavy (non-hydrogen) atoms. The van der Waals surface area contributed by atoms with Crippen molar-refractivity contribution < 1.29 is 9.59 Å². The Morgan fingerprint density at radius 3 is 2.40 bits per heavy atom. The average molecular weight is 343 g/mol. The first-order valence-electron chi connectivity index (χ1n) is 9.57. The van der Waals surface area contributed by atoms with E-state index in [4.69, 9.17) is 0 Å². The van der Waals surface area contributed by atoms with Gasteiger partial charge in [0.1, 0.15) is 0 Å². The maximum atomic E-state index is 12.8. The van der Waals surface area contributed by atoms with E-state index in [-0.39, 0.29) is 17.9 Å². The number of hydrogen-bond acceptors (Lipinski definition) is 3. The van der Waals surface area contributed by atoms with Crippen LogP contribution in [-0.2, 0) is 16.1 Å². The van der Waals surface area contributed by atoms with E-state index in [2.05, 4.69) is 22.3 Å². The van der Waals surface area contributed by atoms with Crippen LogP contribution in [-0.4, -0.2) is 53.8 Å². The van der Waals surface area contributed by atoms with Crippen LogP contribution in [0.2, 0.25) is 0 Å². The molecule has 2 saturated heterocycles. The van der Waals surface area contributed by atoms with Gasteiger partial charge >= 0.3 is 0 Å². The highest BCUT2D eigenvalue weighted by Gasteiger charge is 2.32. The predicted molar refractivity (Wildman–Crippen MR) is 97.9 cm³/mol. The fraction of sp³-hybridized carbons (Fsp3) is 0.600. The van der Waals surface area contributed by atoms with E-state index in [0.29, 0.717) is 19.5 Å². The van der Waals surface area contributed by atoms with Crippen LogP contribution in [0.1, 0.15) is 44.1 Å². The van der Waals surface area contributed by atoms with Crippen LogP contribution < -0.4 is 5.32 Å². The predicted octanol–water partition coefficient (Wildman–Crippen LogP) is 2.17. The van der Waals surface area contributed by atoms with Crippen LogP contribution in [0.3, 0.4) is 0 Å². The number of hydrogen-bond donors (Lipinski definition) is 1. The van der Waals surface area contributed by atoms with Crippen molar-refractivity contribution in [2.45, 2.75) is 51.1 Å². The minimum absolute atomic E-state index is 0.0115. The molecule has 1 aromatic rings. The van der Waals surface area contributed by atoms with Crippen LogP contribution in [0.15, 0.2) is 30.3 Å². The normalized spacial score (nSPS) is 22.8. The Kier molecular flexibility index (Phi) is 6.45. The number of nitrogens with one attached hydrogen (secondary N) is 1. The Morgan fingerprint density at radius 1 is 1.00 bits per heavy atom. The van der Waals surface area contributed by atoms with E-state index in [1.807, 2.05) is 23.1 Å². The molecule has 0 aliphatic carbocycles. The van der Waals surface area contributed by atoms with Gasteiger partial charge in [0.05, 0.1) is 12.5 Å². The van der Waals surface area contributed by atoms with Crippen molar-refractivity contribution in [3.63, 3.8) is 0 Å². The molecule has 0 unspecified atom stereocenters. The van der Waals surface area contributed by atoms with Gasteiger partial charge in [0.25, 0.3) is 0 Å². The average Bonchev–Trinajstić information content (AvgIpc) is 2.58. The second-order valence-corrected chi connectivity index (χ2v) is 7.12. The first-order chi connectivity index (χ1) is 12.2. The van der Waals surface area contributed by atoms with Crippen molar-refractivity contribution >= 4 is 11.8 Å². The van der Waals surface area contributed by atoms with Gasteiger partial charge in [-0.2, -0.15) is 0 Å². The third-order valence-electron chi connectivity index (χ3n) is 5.25. The monoisotopic (exact) mass is 343 g/mol. The van der Waals surface area contributed by atoms with E-state index in [9.17, 15) is 9.59 Å². The van der Waals surface area contributed by atoms with Crippen LogP contribution in [0.5, 0.6) is 0 Å². The molecule has 2 heterocycles. The molecule has 1 N–H and O–H groups in total. The van der Waals surface area contributed by atoms with Crippen molar-refractivity contribution in [3.8, 4) is 0 Å². The van der Waals surface area contributed by atoms with Gasteiger partial charge in [-0.15, -0.1) is 0 Å². The summed E-state index contributed by atoms with van der Waals surface area (Å²) in [7, 11) is 0. The van der Waals surface area contributed by atoms with Crippen LogP contribution in [0.4, 0.5) is 0 Å². The number of amides is 2. The number of carbonyl (C=O) groups is 2. The van der Waals surface area contributed by atoms with Gasteiger partial charge in [-0.05, 0) is 18.4 Å². The highest BCUT2D eigenvalue weighted by atomic mass is 16.2. The number of piperazine rings is 1. The molecule has 0 bridgehead atoms. The first-order valence-corrected chi connectivity index (χ1v) is 9.57. The maximum absolute atomic E-state index is 12.8. The Balaban J connectivity index is 1.63. The summed E-state index contributed by atoms with van der Waals surface area (Å²) in [5.74, 6) is 0.115. The fourth-order valence-corrected chi connectivity index (χ4v) is 3.78. The molecule has 1 atom stereocenters. The van der Waals surface area contributed by atoms with Gasteiger partial charge in [-0.1, -0.05) is 49.6 Å². The molecule has 2 aliphatic heterocycles. The van der Waals surface area contributed by atoms with Crippen LogP contribution in [0, 0.1) is 0 Å². The molecule has 3 rings (SSSR count). The largest absolute Gasteiger partial charge is 0.353 e. The molecule has 1 aromatic carbocycles. The van der Waals surface area contributed by atoms with E-state index in [0.717, 1.165) is 32.5 Å². The summed E-state index contributed by atoms with van der Waals surface area (Å²) < 4.78 is 0. The van der Waals surface area contributed by atoms with Gasteiger partial charge in [-0.25, -0.2) is 0 Å². The molecule has 0 saturated carbocycles. The molecule has 2 aliphatic rings. The zero-order valence-corrected chi connectivity index (χ0v) is 15.0. The SMILES string of the molecule is O=C1NCCN(Cc2ccccc2)[C@@H]1CC(=O)N1CCCCCCC1. The summed E-state index contributed by atoms with van der Waals surface area (Å²) in [4.78, 5) is 29.3. The van der Waals surface area contributed by atoms with Crippen molar-refractivity contribution in [1.29, 1.82) is 0 Å². The highest BCUT2D eigenvalue weighted by Crippen LogP contribution is 2.17. The Morgan fingerprint density at radius 2 is 1.68 bits per heavy atom. The van der Waals surface area contributed by atoms with Crippen molar-refractivity contribution in [2.24, 2.45) is 0 Å². The van der Waals surface area contributed by atoms with Gasteiger partial charge in [0.2, 0.25) is 11.8 Å². The zero-order chi connectivity index (χ0) is 17.5. The summed E-state index contributed by atoms with van der Waals surface area (Å²) in [6.07, 6.45) is 6.13. The molecular weight excluding hydrogens is 314 g/mol. The number of likely N-dealkylation sites (tertiary alicyclic amines) is 1. The molecule has 2 fully saturated rings. The molecule has 2 amide bonds. The standard InChI is InChI=1S/C20H29N3O2/c24-19(22-12-7-2-1-3-8-13-22)15-18-20(25)21-11-14-23(18)16-17-9-5-4-6-10-17/h4-6,9-10,18H,1-3,7-8,11-16H2,(H,21,25)/t18-/m1/s1.